The Bertz CT molecular complexity index is 419. The molecule has 4 nitrogen and oxygen atoms in total. The fraction of sp³-hybridized carbons (Fsp3) is 0.333. The number of H-pyrrole nitrogens is 1. The molecule has 0 fully saturated rings. The number of carbonyl (C=O) groups is 1. The Morgan fingerprint density at radius 1 is 1.46 bits per heavy atom. The van der Waals surface area contributed by atoms with Crippen LogP contribution in [0.5, 0.6) is 0 Å². The number of fused-ring (bicyclic) bond motifs is 1. The zero-order chi connectivity index (χ0) is 9.42. The van der Waals surface area contributed by atoms with E-state index < -0.39 is 5.97 Å². The van der Waals surface area contributed by atoms with Crippen molar-refractivity contribution < 1.29 is 9.90 Å². The number of hydrogen-bond acceptors (Lipinski definition) is 2. The Hall–Kier alpha value is -1.58. The van der Waals surface area contributed by atoms with Crippen molar-refractivity contribution in [3.05, 3.63) is 33.2 Å². The number of rotatable bonds is 1. The van der Waals surface area contributed by atoms with Gasteiger partial charge in [0.15, 0.2) is 0 Å². The van der Waals surface area contributed by atoms with Crippen LogP contribution < -0.4 is 5.56 Å². The first-order valence-electron chi connectivity index (χ1n) is 4.17. The van der Waals surface area contributed by atoms with Crippen molar-refractivity contribution in [2.24, 2.45) is 0 Å². The van der Waals surface area contributed by atoms with Crippen molar-refractivity contribution >= 4 is 5.97 Å². The number of pyridine rings is 1. The highest BCUT2D eigenvalue weighted by Gasteiger charge is 2.19. The average Bonchev–Trinajstić information content (AvgIpc) is 2.49. The van der Waals surface area contributed by atoms with E-state index in [1.807, 2.05) is 0 Å². The van der Waals surface area contributed by atoms with Gasteiger partial charge in [-0.2, -0.15) is 0 Å². The van der Waals surface area contributed by atoms with Gasteiger partial charge in [-0.05, 0) is 24.8 Å². The SMILES string of the molecule is O=C(O)c1cc(=O)[nH]c2c1CCC2. The van der Waals surface area contributed by atoms with Crippen LogP contribution >= 0.6 is 0 Å². The third-order valence-electron chi connectivity index (χ3n) is 2.32. The summed E-state index contributed by atoms with van der Waals surface area (Å²) in [6.45, 7) is 0. The van der Waals surface area contributed by atoms with Gasteiger partial charge in [0.05, 0.1) is 5.56 Å². The molecule has 0 unspecified atom stereocenters. The molecular formula is C9H9NO3. The second-order valence-corrected chi connectivity index (χ2v) is 3.16. The van der Waals surface area contributed by atoms with E-state index in [-0.39, 0.29) is 11.1 Å². The number of carboxylic acids is 1. The molecule has 0 amide bonds. The molecule has 4 heteroatoms. The zero-order valence-electron chi connectivity index (χ0n) is 6.96. The molecule has 2 N–H and O–H groups in total. The second kappa shape index (κ2) is 2.73. The lowest BCUT2D eigenvalue weighted by Gasteiger charge is -2.01. The fourth-order valence-corrected chi connectivity index (χ4v) is 1.77. The van der Waals surface area contributed by atoms with Crippen LogP contribution in [0.4, 0.5) is 0 Å². The largest absolute Gasteiger partial charge is 0.478 e. The van der Waals surface area contributed by atoms with E-state index >= 15 is 0 Å². The van der Waals surface area contributed by atoms with Gasteiger partial charge in [-0.25, -0.2) is 4.79 Å². The van der Waals surface area contributed by atoms with E-state index in [4.69, 9.17) is 5.11 Å². The smallest absolute Gasteiger partial charge is 0.336 e. The van der Waals surface area contributed by atoms with Gasteiger partial charge in [-0.1, -0.05) is 0 Å². The molecular weight excluding hydrogens is 170 g/mol. The number of aromatic carboxylic acids is 1. The monoisotopic (exact) mass is 179 g/mol. The van der Waals surface area contributed by atoms with E-state index in [0.29, 0.717) is 0 Å². The maximum absolute atomic E-state index is 11.0. The van der Waals surface area contributed by atoms with E-state index in [1.165, 1.54) is 0 Å². The maximum Gasteiger partial charge on any atom is 0.336 e. The van der Waals surface area contributed by atoms with Gasteiger partial charge >= 0.3 is 5.97 Å². The molecule has 1 aliphatic carbocycles. The minimum Gasteiger partial charge on any atom is -0.478 e. The molecule has 0 aromatic carbocycles. The number of carboxylic acid groups (broad SMARTS) is 1. The second-order valence-electron chi connectivity index (χ2n) is 3.16. The molecule has 0 saturated carbocycles. The fourth-order valence-electron chi connectivity index (χ4n) is 1.77. The lowest BCUT2D eigenvalue weighted by molar-refractivity contribution is 0.0695. The Balaban J connectivity index is 2.69. The van der Waals surface area contributed by atoms with Crippen molar-refractivity contribution in [3.8, 4) is 0 Å². The van der Waals surface area contributed by atoms with Crippen molar-refractivity contribution in [2.75, 3.05) is 0 Å². The Morgan fingerprint density at radius 3 is 2.92 bits per heavy atom. The zero-order valence-corrected chi connectivity index (χ0v) is 6.96. The first-order valence-corrected chi connectivity index (χ1v) is 4.17. The lowest BCUT2D eigenvalue weighted by atomic mass is 10.1. The van der Waals surface area contributed by atoms with Crippen LogP contribution in [-0.2, 0) is 12.8 Å². The number of aromatic amines is 1. The van der Waals surface area contributed by atoms with Gasteiger partial charge in [0, 0.05) is 11.8 Å². The molecule has 0 spiro atoms. The van der Waals surface area contributed by atoms with Crippen molar-refractivity contribution in [2.45, 2.75) is 19.3 Å². The van der Waals surface area contributed by atoms with Crippen molar-refractivity contribution in [1.29, 1.82) is 0 Å². The summed E-state index contributed by atoms with van der Waals surface area (Å²) in [5.41, 5.74) is 1.44. The first-order chi connectivity index (χ1) is 6.18. The highest BCUT2D eigenvalue weighted by molar-refractivity contribution is 5.89. The van der Waals surface area contributed by atoms with Crippen LogP contribution in [0.25, 0.3) is 0 Å². The molecule has 1 aromatic rings. The Kier molecular flexibility index (Phi) is 1.69. The first kappa shape index (κ1) is 8.04. The normalized spacial score (nSPS) is 14.2. The third kappa shape index (κ3) is 1.24. The molecule has 13 heavy (non-hydrogen) atoms. The molecule has 0 aliphatic heterocycles. The Morgan fingerprint density at radius 2 is 2.23 bits per heavy atom. The van der Waals surface area contributed by atoms with Crippen molar-refractivity contribution in [1.82, 2.24) is 4.98 Å². The van der Waals surface area contributed by atoms with Gasteiger partial charge in [-0.3, -0.25) is 4.79 Å². The van der Waals surface area contributed by atoms with Crippen LogP contribution in [-0.4, -0.2) is 16.1 Å². The topological polar surface area (TPSA) is 70.2 Å². The average molecular weight is 179 g/mol. The van der Waals surface area contributed by atoms with Crippen LogP contribution in [0, 0.1) is 0 Å². The minimum atomic E-state index is -1.01. The number of aryl methyl sites for hydroxylation is 1. The predicted octanol–water partition coefficient (Wildman–Crippen LogP) is 0.562. The summed E-state index contributed by atoms with van der Waals surface area (Å²) in [6, 6.07) is 1.16. The Labute approximate surface area is 74.2 Å². The highest BCUT2D eigenvalue weighted by Crippen LogP contribution is 2.21. The summed E-state index contributed by atoms with van der Waals surface area (Å²) < 4.78 is 0. The maximum atomic E-state index is 11.0. The van der Waals surface area contributed by atoms with Gasteiger partial charge in [-0.15, -0.1) is 0 Å². The van der Waals surface area contributed by atoms with E-state index in [0.717, 1.165) is 36.6 Å². The standard InChI is InChI=1S/C9H9NO3/c11-8-4-6(9(12)13)5-2-1-3-7(5)10-8/h4H,1-3H2,(H,10,11)(H,12,13). The van der Waals surface area contributed by atoms with Crippen LogP contribution in [0.3, 0.4) is 0 Å². The molecule has 0 atom stereocenters. The van der Waals surface area contributed by atoms with Gasteiger partial charge in [0.25, 0.3) is 0 Å². The summed E-state index contributed by atoms with van der Waals surface area (Å²) in [5, 5.41) is 8.82. The molecule has 1 aliphatic rings. The van der Waals surface area contributed by atoms with Gasteiger partial charge < -0.3 is 10.1 Å². The lowest BCUT2D eigenvalue weighted by Crippen LogP contribution is -2.13. The minimum absolute atomic E-state index is 0.163. The summed E-state index contributed by atoms with van der Waals surface area (Å²) in [7, 11) is 0. The quantitative estimate of drug-likeness (QED) is 0.661. The third-order valence-corrected chi connectivity index (χ3v) is 2.32. The van der Waals surface area contributed by atoms with E-state index in [9.17, 15) is 9.59 Å². The summed E-state index contributed by atoms with van der Waals surface area (Å²) >= 11 is 0. The van der Waals surface area contributed by atoms with Crippen molar-refractivity contribution in [3.63, 3.8) is 0 Å². The number of aromatic nitrogens is 1. The predicted molar refractivity (Wildman–Crippen MR) is 46.0 cm³/mol. The van der Waals surface area contributed by atoms with Crippen LogP contribution in [0.1, 0.15) is 28.0 Å². The van der Waals surface area contributed by atoms with Gasteiger partial charge in [0.2, 0.25) is 5.56 Å². The number of hydrogen-bond donors (Lipinski definition) is 2. The highest BCUT2D eigenvalue weighted by atomic mass is 16.4. The van der Waals surface area contributed by atoms with Crippen LogP contribution in [0.15, 0.2) is 10.9 Å². The molecule has 0 radical (unpaired) electrons. The molecule has 68 valence electrons. The van der Waals surface area contributed by atoms with E-state index in [1.54, 1.807) is 0 Å². The van der Waals surface area contributed by atoms with Crippen LogP contribution in [0.2, 0.25) is 0 Å². The molecule has 1 aromatic heterocycles. The molecule has 0 bridgehead atoms. The summed E-state index contributed by atoms with van der Waals surface area (Å²) in [6.07, 6.45) is 2.47. The molecule has 1 heterocycles. The summed E-state index contributed by atoms with van der Waals surface area (Å²) in [5.74, 6) is -1.01. The van der Waals surface area contributed by atoms with E-state index in [2.05, 4.69) is 4.98 Å². The molecule has 0 saturated heterocycles. The van der Waals surface area contributed by atoms with Gasteiger partial charge in [0.1, 0.15) is 0 Å². The molecule has 2 rings (SSSR count). The summed E-state index contributed by atoms with van der Waals surface area (Å²) in [4.78, 5) is 24.5. The number of nitrogens with one attached hydrogen (secondary N) is 1.